The van der Waals surface area contributed by atoms with Gasteiger partial charge >= 0.3 is 0 Å². The smallest absolute Gasteiger partial charge is 0.143 e. The van der Waals surface area contributed by atoms with Gasteiger partial charge in [0.05, 0.1) is 27.8 Å². The zero-order valence-electron chi connectivity index (χ0n) is 33.5. The molecule has 13 rings (SSSR count). The summed E-state index contributed by atoms with van der Waals surface area (Å²) in [6.07, 6.45) is 0. The molecule has 0 amide bonds. The van der Waals surface area contributed by atoms with Crippen LogP contribution in [-0.2, 0) is 0 Å². The van der Waals surface area contributed by atoms with E-state index >= 15 is 0 Å². The maximum Gasteiger partial charge on any atom is 0.143 e. The fourth-order valence-electron chi connectivity index (χ4n) is 9.86. The molecule has 0 saturated carbocycles. The van der Waals surface area contributed by atoms with E-state index in [1.54, 1.807) is 0 Å². The Kier molecular flexibility index (Phi) is 7.57. The number of furan rings is 2. The topological polar surface area (TPSA) is 34.5 Å². The van der Waals surface area contributed by atoms with Crippen molar-refractivity contribution in [3.63, 3.8) is 0 Å². The first-order valence-corrected chi connectivity index (χ1v) is 21.1. The van der Waals surface area contributed by atoms with Crippen molar-refractivity contribution in [2.45, 2.75) is 0 Å². The highest BCUT2D eigenvalue weighted by Gasteiger charge is 2.24. The number of hydrogen-bond donors (Lipinski definition) is 0. The highest BCUT2D eigenvalue weighted by Crippen LogP contribution is 2.49. The van der Waals surface area contributed by atoms with Gasteiger partial charge in [0.15, 0.2) is 0 Å². The van der Waals surface area contributed by atoms with Crippen LogP contribution >= 0.6 is 0 Å². The molecule has 0 bridgehead atoms. The lowest BCUT2D eigenvalue weighted by molar-refractivity contribution is 0.669. The number of anilines is 3. The Morgan fingerprint density at radius 2 is 1.02 bits per heavy atom. The maximum absolute atomic E-state index is 6.80. The van der Waals surface area contributed by atoms with Gasteiger partial charge in [-0.25, -0.2) is 0 Å². The second-order valence-corrected chi connectivity index (χ2v) is 16.0. The summed E-state index contributed by atoms with van der Waals surface area (Å²) in [6, 6.07) is 78.0. The number of rotatable bonds is 6. The van der Waals surface area contributed by atoms with E-state index in [1.807, 2.05) is 12.1 Å². The van der Waals surface area contributed by atoms with Crippen molar-refractivity contribution in [3.05, 3.63) is 218 Å². The van der Waals surface area contributed by atoms with Gasteiger partial charge in [-0.1, -0.05) is 140 Å². The van der Waals surface area contributed by atoms with Crippen molar-refractivity contribution in [3.8, 4) is 27.9 Å². The predicted octanol–water partition coefficient (Wildman–Crippen LogP) is 16.5. The Balaban J connectivity index is 1.06. The quantitative estimate of drug-likeness (QED) is 0.168. The SMILES string of the molecule is c1ccc(-n2c3ccccc3c3cc(-c4cccc(N(c5ccccc5-c5cccc6oc7ccccc7c56)c5cccc6oc7c8ccccc8ccc7c56)c4)ccc32)cc1. The summed E-state index contributed by atoms with van der Waals surface area (Å²) in [5.74, 6) is 0. The normalized spacial score (nSPS) is 11.9. The van der Waals surface area contributed by atoms with Crippen LogP contribution in [0, 0.1) is 0 Å². The monoisotopic (exact) mass is 792 g/mol. The van der Waals surface area contributed by atoms with Crippen LogP contribution in [0.5, 0.6) is 0 Å². The first kappa shape index (κ1) is 34.5. The lowest BCUT2D eigenvalue weighted by Crippen LogP contribution is -2.11. The summed E-state index contributed by atoms with van der Waals surface area (Å²) in [7, 11) is 0. The number of fused-ring (bicyclic) bond motifs is 11. The molecule has 3 aromatic heterocycles. The molecular weight excluding hydrogens is 757 g/mol. The first-order chi connectivity index (χ1) is 30.8. The van der Waals surface area contributed by atoms with Gasteiger partial charge < -0.3 is 18.3 Å². The Morgan fingerprint density at radius 1 is 0.355 bits per heavy atom. The second-order valence-electron chi connectivity index (χ2n) is 16.0. The summed E-state index contributed by atoms with van der Waals surface area (Å²) in [5.41, 5.74) is 14.6. The minimum absolute atomic E-state index is 0.843. The van der Waals surface area contributed by atoms with Gasteiger partial charge in [-0.2, -0.15) is 0 Å². The molecule has 0 saturated heterocycles. The van der Waals surface area contributed by atoms with Crippen LogP contribution in [0.15, 0.2) is 227 Å². The van der Waals surface area contributed by atoms with Crippen LogP contribution in [0.4, 0.5) is 17.1 Å². The molecule has 290 valence electrons. The van der Waals surface area contributed by atoms with E-state index in [4.69, 9.17) is 8.83 Å². The lowest BCUT2D eigenvalue weighted by Gasteiger charge is -2.29. The Bertz CT molecular complexity index is 3890. The van der Waals surface area contributed by atoms with Crippen molar-refractivity contribution in [1.82, 2.24) is 4.57 Å². The Labute approximate surface area is 356 Å². The van der Waals surface area contributed by atoms with Crippen LogP contribution in [0.2, 0.25) is 0 Å². The van der Waals surface area contributed by atoms with Gasteiger partial charge in [0, 0.05) is 49.3 Å². The van der Waals surface area contributed by atoms with Crippen LogP contribution in [0.1, 0.15) is 0 Å². The van der Waals surface area contributed by atoms with E-state index in [2.05, 4.69) is 216 Å². The molecule has 4 heteroatoms. The Morgan fingerprint density at radius 3 is 1.94 bits per heavy atom. The fourth-order valence-corrected chi connectivity index (χ4v) is 9.86. The largest absolute Gasteiger partial charge is 0.456 e. The number of benzene rings is 10. The predicted molar refractivity (Wildman–Crippen MR) is 258 cm³/mol. The molecule has 0 spiro atoms. The average Bonchev–Trinajstić information content (AvgIpc) is 4.02. The number of aromatic nitrogens is 1. The molecule has 10 aromatic carbocycles. The Hall–Kier alpha value is -8.34. The first-order valence-electron chi connectivity index (χ1n) is 21.1. The zero-order valence-corrected chi connectivity index (χ0v) is 33.5. The molecule has 13 aromatic rings. The molecule has 0 aliphatic carbocycles. The third-order valence-corrected chi connectivity index (χ3v) is 12.6. The second kappa shape index (κ2) is 13.6. The molecule has 4 nitrogen and oxygen atoms in total. The van der Waals surface area contributed by atoms with Crippen LogP contribution in [0.25, 0.3) is 104 Å². The van der Waals surface area contributed by atoms with Gasteiger partial charge in [0.25, 0.3) is 0 Å². The van der Waals surface area contributed by atoms with Gasteiger partial charge in [0.2, 0.25) is 0 Å². The fraction of sp³-hybridized carbons (Fsp3) is 0. The van der Waals surface area contributed by atoms with E-state index in [0.717, 1.165) is 99.7 Å². The van der Waals surface area contributed by atoms with Crippen molar-refractivity contribution >= 4 is 93.5 Å². The van der Waals surface area contributed by atoms with Gasteiger partial charge in [-0.3, -0.25) is 0 Å². The molecule has 3 heterocycles. The van der Waals surface area contributed by atoms with Crippen molar-refractivity contribution in [2.75, 3.05) is 4.90 Å². The van der Waals surface area contributed by atoms with Crippen molar-refractivity contribution in [2.24, 2.45) is 0 Å². The van der Waals surface area contributed by atoms with Gasteiger partial charge in [-0.05, 0) is 101 Å². The van der Waals surface area contributed by atoms with Crippen LogP contribution < -0.4 is 4.90 Å². The number of para-hydroxylation sites is 4. The van der Waals surface area contributed by atoms with Crippen LogP contribution in [-0.4, -0.2) is 4.57 Å². The molecule has 0 aliphatic rings. The van der Waals surface area contributed by atoms with Gasteiger partial charge in [-0.15, -0.1) is 0 Å². The average molecular weight is 793 g/mol. The molecule has 0 radical (unpaired) electrons. The summed E-state index contributed by atoms with van der Waals surface area (Å²) in [6.45, 7) is 0. The minimum atomic E-state index is 0.843. The van der Waals surface area contributed by atoms with E-state index in [1.165, 1.54) is 21.8 Å². The molecule has 0 fully saturated rings. The lowest BCUT2D eigenvalue weighted by atomic mass is 9.96. The van der Waals surface area contributed by atoms with Crippen LogP contribution in [0.3, 0.4) is 0 Å². The van der Waals surface area contributed by atoms with E-state index in [0.29, 0.717) is 0 Å². The summed E-state index contributed by atoms with van der Waals surface area (Å²) >= 11 is 0. The molecule has 0 N–H and O–H groups in total. The zero-order chi connectivity index (χ0) is 40.7. The molecule has 0 atom stereocenters. The summed E-state index contributed by atoms with van der Waals surface area (Å²) < 4.78 is 15.6. The van der Waals surface area contributed by atoms with Gasteiger partial charge in [0.1, 0.15) is 22.3 Å². The van der Waals surface area contributed by atoms with Crippen molar-refractivity contribution < 1.29 is 8.83 Å². The molecule has 62 heavy (non-hydrogen) atoms. The third kappa shape index (κ3) is 5.20. The summed E-state index contributed by atoms with van der Waals surface area (Å²) in [4.78, 5) is 2.42. The standard InChI is InChI=1S/C58H36N2O2/c1-2-17-40(18-3-1)59-50-26-10-7-22-44(50)48-36-39(32-34-51(48)59)38-16-12-19-41(35-38)60(52-27-14-30-55-57(52)47-33-31-37-15-4-5-20-42(37)58(47)62-55)49-25-9-6-21-43(49)45-24-13-29-54-56(45)46-23-8-11-28-53(46)61-54/h1-36H. The van der Waals surface area contributed by atoms with Crippen molar-refractivity contribution in [1.29, 1.82) is 0 Å². The third-order valence-electron chi connectivity index (χ3n) is 12.6. The number of nitrogens with zero attached hydrogens (tertiary/aromatic N) is 2. The molecule has 0 aliphatic heterocycles. The molecular formula is C58H36N2O2. The van der Waals surface area contributed by atoms with E-state index < -0.39 is 0 Å². The van der Waals surface area contributed by atoms with E-state index in [-0.39, 0.29) is 0 Å². The minimum Gasteiger partial charge on any atom is -0.456 e. The number of hydrogen-bond acceptors (Lipinski definition) is 3. The summed E-state index contributed by atoms with van der Waals surface area (Å²) in [5, 5.41) is 9.05. The molecule has 0 unspecified atom stereocenters. The highest BCUT2D eigenvalue weighted by molar-refractivity contribution is 6.20. The maximum atomic E-state index is 6.80. The highest BCUT2D eigenvalue weighted by atomic mass is 16.3. The van der Waals surface area contributed by atoms with E-state index in [9.17, 15) is 0 Å².